The second-order valence-corrected chi connectivity index (χ2v) is 6.39. The van der Waals surface area contributed by atoms with Crippen LogP contribution in [0.25, 0.3) is 0 Å². The second-order valence-electron chi connectivity index (χ2n) is 6.39. The first-order valence-corrected chi connectivity index (χ1v) is 8.16. The number of aliphatic carboxylic acids is 1. The summed E-state index contributed by atoms with van der Waals surface area (Å²) in [5.41, 5.74) is 0.372. The molecule has 0 aliphatic carbocycles. The summed E-state index contributed by atoms with van der Waals surface area (Å²) in [5, 5.41) is 9.50. The quantitative estimate of drug-likeness (QED) is 0.887. The minimum atomic E-state index is -4.78. The SMILES string of the molecule is Cc1cc(C(=O)N2C[C@H](C(=O)O)[C@H](c3ccccc3)C2)nc(C(F)(F)F)n1. The fraction of sp³-hybridized carbons (Fsp3) is 0.333. The van der Waals surface area contributed by atoms with Crippen molar-refractivity contribution >= 4 is 11.9 Å². The van der Waals surface area contributed by atoms with Crippen molar-refractivity contribution in [2.75, 3.05) is 13.1 Å². The fourth-order valence-electron chi connectivity index (χ4n) is 3.22. The number of likely N-dealkylation sites (tertiary alicyclic amines) is 1. The number of rotatable bonds is 3. The van der Waals surface area contributed by atoms with Gasteiger partial charge in [0.15, 0.2) is 0 Å². The topological polar surface area (TPSA) is 83.4 Å². The number of carboxylic acid groups (broad SMARTS) is 1. The van der Waals surface area contributed by atoms with Gasteiger partial charge in [-0.3, -0.25) is 9.59 Å². The Morgan fingerprint density at radius 3 is 2.41 bits per heavy atom. The van der Waals surface area contributed by atoms with E-state index in [0.29, 0.717) is 0 Å². The molecule has 1 aliphatic rings. The maximum atomic E-state index is 12.9. The smallest absolute Gasteiger partial charge is 0.451 e. The average Bonchev–Trinajstić information content (AvgIpc) is 3.06. The number of aryl methyl sites for hydroxylation is 1. The zero-order chi connectivity index (χ0) is 19.8. The van der Waals surface area contributed by atoms with Crippen LogP contribution in [0.2, 0.25) is 0 Å². The summed E-state index contributed by atoms with van der Waals surface area (Å²) in [6.45, 7) is 1.33. The molecule has 27 heavy (non-hydrogen) atoms. The summed E-state index contributed by atoms with van der Waals surface area (Å²) in [6.07, 6.45) is -4.78. The second kappa shape index (κ2) is 6.98. The molecule has 1 fully saturated rings. The van der Waals surface area contributed by atoms with Crippen molar-refractivity contribution in [2.45, 2.75) is 19.0 Å². The minimum Gasteiger partial charge on any atom is -0.481 e. The number of benzene rings is 1. The number of halogens is 3. The van der Waals surface area contributed by atoms with Gasteiger partial charge in [-0.15, -0.1) is 0 Å². The Morgan fingerprint density at radius 1 is 1.15 bits per heavy atom. The Kier molecular flexibility index (Phi) is 4.86. The van der Waals surface area contributed by atoms with Crippen molar-refractivity contribution in [3.8, 4) is 0 Å². The molecule has 0 saturated carbocycles. The zero-order valence-corrected chi connectivity index (χ0v) is 14.3. The number of carboxylic acids is 1. The van der Waals surface area contributed by atoms with E-state index < -0.39 is 41.4 Å². The molecular formula is C18H16F3N3O3. The van der Waals surface area contributed by atoms with Crippen molar-refractivity contribution in [3.63, 3.8) is 0 Å². The number of hydrogen-bond acceptors (Lipinski definition) is 4. The molecule has 2 atom stereocenters. The molecule has 2 heterocycles. The van der Waals surface area contributed by atoms with Gasteiger partial charge in [0.05, 0.1) is 5.92 Å². The van der Waals surface area contributed by atoms with E-state index in [0.717, 1.165) is 5.56 Å². The van der Waals surface area contributed by atoms with E-state index in [-0.39, 0.29) is 18.8 Å². The van der Waals surface area contributed by atoms with Crippen LogP contribution >= 0.6 is 0 Å². The predicted octanol–water partition coefficient (Wildman–Crippen LogP) is 2.74. The third kappa shape index (κ3) is 3.91. The molecule has 1 aromatic carbocycles. The van der Waals surface area contributed by atoms with Crippen molar-refractivity contribution in [2.24, 2.45) is 5.92 Å². The monoisotopic (exact) mass is 379 g/mol. The molecule has 0 radical (unpaired) electrons. The van der Waals surface area contributed by atoms with Gasteiger partial charge in [-0.2, -0.15) is 13.2 Å². The zero-order valence-electron chi connectivity index (χ0n) is 14.3. The highest BCUT2D eigenvalue weighted by Crippen LogP contribution is 2.34. The molecule has 1 N–H and O–H groups in total. The highest BCUT2D eigenvalue weighted by Gasteiger charge is 2.42. The van der Waals surface area contributed by atoms with Crippen LogP contribution in [0.1, 0.15) is 33.5 Å². The van der Waals surface area contributed by atoms with E-state index in [4.69, 9.17) is 0 Å². The van der Waals surface area contributed by atoms with E-state index in [1.165, 1.54) is 17.9 Å². The summed E-state index contributed by atoms with van der Waals surface area (Å²) >= 11 is 0. The number of alkyl halides is 3. The molecule has 3 rings (SSSR count). The standard InChI is InChI=1S/C18H16F3N3O3/c1-10-7-14(23-17(22-10)18(19,20)21)15(25)24-8-12(13(9-24)16(26)27)11-5-3-2-4-6-11/h2-7,12-13H,8-9H2,1H3,(H,26,27)/t12-,13-/m0/s1. The number of nitrogens with zero attached hydrogens (tertiary/aromatic N) is 3. The van der Waals surface area contributed by atoms with Gasteiger partial charge in [0, 0.05) is 24.7 Å². The summed E-state index contributed by atoms with van der Waals surface area (Å²) in [4.78, 5) is 32.2. The van der Waals surface area contributed by atoms with Crippen LogP contribution in [0.15, 0.2) is 36.4 Å². The first-order valence-electron chi connectivity index (χ1n) is 8.16. The van der Waals surface area contributed by atoms with Gasteiger partial charge >= 0.3 is 12.1 Å². The Morgan fingerprint density at radius 2 is 1.81 bits per heavy atom. The van der Waals surface area contributed by atoms with Gasteiger partial charge in [0.25, 0.3) is 5.91 Å². The number of aromatic nitrogens is 2. The van der Waals surface area contributed by atoms with E-state index in [1.54, 1.807) is 30.3 Å². The third-order valence-corrected chi connectivity index (χ3v) is 4.48. The molecule has 0 spiro atoms. The Labute approximate surface area is 152 Å². The van der Waals surface area contributed by atoms with Crippen molar-refractivity contribution < 1.29 is 27.9 Å². The lowest BCUT2D eigenvalue weighted by Gasteiger charge is -2.17. The molecule has 1 aromatic heterocycles. The Hall–Kier alpha value is -2.97. The third-order valence-electron chi connectivity index (χ3n) is 4.48. The summed E-state index contributed by atoms with van der Waals surface area (Å²) in [7, 11) is 0. The lowest BCUT2D eigenvalue weighted by Crippen LogP contribution is -2.31. The Balaban J connectivity index is 1.90. The lowest BCUT2D eigenvalue weighted by atomic mass is 9.89. The van der Waals surface area contributed by atoms with Crippen LogP contribution in [-0.2, 0) is 11.0 Å². The fourth-order valence-corrected chi connectivity index (χ4v) is 3.22. The van der Waals surface area contributed by atoms with Gasteiger partial charge in [-0.05, 0) is 18.6 Å². The maximum Gasteiger partial charge on any atom is 0.451 e. The van der Waals surface area contributed by atoms with E-state index in [2.05, 4.69) is 9.97 Å². The van der Waals surface area contributed by atoms with Crippen LogP contribution in [0.5, 0.6) is 0 Å². The average molecular weight is 379 g/mol. The molecule has 1 saturated heterocycles. The molecular weight excluding hydrogens is 363 g/mol. The highest BCUT2D eigenvalue weighted by atomic mass is 19.4. The summed E-state index contributed by atoms with van der Waals surface area (Å²) < 4.78 is 38.7. The van der Waals surface area contributed by atoms with Crippen LogP contribution < -0.4 is 0 Å². The molecule has 2 aromatic rings. The number of carbonyl (C=O) groups excluding carboxylic acids is 1. The highest BCUT2D eigenvalue weighted by molar-refractivity contribution is 5.93. The van der Waals surface area contributed by atoms with E-state index in [1.807, 2.05) is 0 Å². The molecule has 0 unspecified atom stereocenters. The molecule has 142 valence electrons. The van der Waals surface area contributed by atoms with Gasteiger partial charge < -0.3 is 10.0 Å². The lowest BCUT2D eigenvalue weighted by molar-refractivity contribution is -0.145. The van der Waals surface area contributed by atoms with Gasteiger partial charge in [0.1, 0.15) is 5.69 Å². The van der Waals surface area contributed by atoms with Crippen LogP contribution in [-0.4, -0.2) is 44.9 Å². The number of hydrogen-bond donors (Lipinski definition) is 1. The predicted molar refractivity (Wildman–Crippen MR) is 88.0 cm³/mol. The van der Waals surface area contributed by atoms with Crippen LogP contribution in [0.3, 0.4) is 0 Å². The number of amides is 1. The van der Waals surface area contributed by atoms with Gasteiger partial charge in [-0.25, -0.2) is 9.97 Å². The number of carbonyl (C=O) groups is 2. The summed E-state index contributed by atoms with van der Waals surface area (Å²) in [6, 6.07) is 10.0. The first-order chi connectivity index (χ1) is 12.7. The van der Waals surface area contributed by atoms with Crippen molar-refractivity contribution in [1.29, 1.82) is 0 Å². The molecule has 1 amide bonds. The van der Waals surface area contributed by atoms with Crippen LogP contribution in [0, 0.1) is 12.8 Å². The minimum absolute atomic E-state index is 0.00858. The van der Waals surface area contributed by atoms with Crippen molar-refractivity contribution in [3.05, 3.63) is 59.2 Å². The normalized spacial score (nSPS) is 19.9. The Bertz CT molecular complexity index is 871. The maximum absolute atomic E-state index is 12.9. The van der Waals surface area contributed by atoms with Gasteiger partial charge in [-0.1, -0.05) is 30.3 Å². The molecule has 9 heteroatoms. The molecule has 1 aliphatic heterocycles. The van der Waals surface area contributed by atoms with E-state index >= 15 is 0 Å². The first kappa shape index (κ1) is 18.8. The summed E-state index contributed by atoms with van der Waals surface area (Å²) in [5.74, 6) is -4.48. The van der Waals surface area contributed by atoms with E-state index in [9.17, 15) is 27.9 Å². The molecule has 0 bridgehead atoms. The van der Waals surface area contributed by atoms with Crippen molar-refractivity contribution in [1.82, 2.24) is 14.9 Å². The van der Waals surface area contributed by atoms with Gasteiger partial charge in [0.2, 0.25) is 5.82 Å². The van der Waals surface area contributed by atoms with Crippen LogP contribution in [0.4, 0.5) is 13.2 Å². The molecule has 6 nitrogen and oxygen atoms in total. The largest absolute Gasteiger partial charge is 0.481 e.